The third kappa shape index (κ3) is 7.45. The molecule has 40 heavy (non-hydrogen) atoms. The standard InChI is InChI=1S/C33H41N7/c1-39(20-2-14-34)21-3-15-37-30-24-32(28-6-4-26(5-7-28)27-12-16-35-17-13-27)38-33(25-30)29-8-10-31(11-9-29)40-22-18-36-19-23-40/h4-13,16-17,24-25,36H,2-3,14-15,18-23,34H2,1H3,(H,37,38). The van der Waals surface area contributed by atoms with Crippen molar-refractivity contribution in [1.29, 1.82) is 0 Å². The number of pyridine rings is 2. The van der Waals surface area contributed by atoms with E-state index < -0.39 is 0 Å². The van der Waals surface area contributed by atoms with Crippen LogP contribution < -0.4 is 21.3 Å². The summed E-state index contributed by atoms with van der Waals surface area (Å²) in [5.74, 6) is 0. The molecule has 0 atom stereocenters. The molecule has 1 fully saturated rings. The first-order chi connectivity index (χ1) is 19.7. The number of hydrogen-bond acceptors (Lipinski definition) is 7. The smallest absolute Gasteiger partial charge is 0.0730 e. The van der Waals surface area contributed by atoms with E-state index in [0.29, 0.717) is 0 Å². The molecular formula is C33H41N7. The van der Waals surface area contributed by atoms with Crippen LogP contribution >= 0.6 is 0 Å². The number of aromatic nitrogens is 2. The monoisotopic (exact) mass is 535 g/mol. The van der Waals surface area contributed by atoms with Crippen LogP contribution in [0, 0.1) is 0 Å². The van der Waals surface area contributed by atoms with E-state index in [1.165, 1.54) is 11.3 Å². The predicted molar refractivity (Wildman–Crippen MR) is 168 cm³/mol. The van der Waals surface area contributed by atoms with Gasteiger partial charge in [0, 0.05) is 67.6 Å². The van der Waals surface area contributed by atoms with Gasteiger partial charge in [0.15, 0.2) is 0 Å². The zero-order valence-electron chi connectivity index (χ0n) is 23.5. The summed E-state index contributed by atoms with van der Waals surface area (Å²) in [7, 11) is 2.16. The van der Waals surface area contributed by atoms with E-state index in [4.69, 9.17) is 10.7 Å². The summed E-state index contributed by atoms with van der Waals surface area (Å²) in [6.45, 7) is 7.87. The van der Waals surface area contributed by atoms with Gasteiger partial charge < -0.3 is 26.2 Å². The Hall–Kier alpha value is -3.78. The maximum Gasteiger partial charge on any atom is 0.0730 e. The molecule has 0 aliphatic carbocycles. The normalized spacial score (nSPS) is 13.5. The number of piperazine rings is 1. The molecule has 3 heterocycles. The van der Waals surface area contributed by atoms with Crippen molar-refractivity contribution in [1.82, 2.24) is 20.2 Å². The second-order valence-corrected chi connectivity index (χ2v) is 10.4. The number of nitrogens with two attached hydrogens (primary N) is 1. The summed E-state index contributed by atoms with van der Waals surface area (Å²) in [5, 5.41) is 7.09. The second-order valence-electron chi connectivity index (χ2n) is 10.4. The van der Waals surface area contributed by atoms with Crippen LogP contribution in [0.25, 0.3) is 33.6 Å². The van der Waals surface area contributed by atoms with Crippen LogP contribution in [0.5, 0.6) is 0 Å². The molecule has 2 aromatic carbocycles. The minimum absolute atomic E-state index is 0.741. The lowest BCUT2D eigenvalue weighted by Crippen LogP contribution is -2.43. The lowest BCUT2D eigenvalue weighted by molar-refractivity contribution is 0.330. The largest absolute Gasteiger partial charge is 0.385 e. The van der Waals surface area contributed by atoms with Gasteiger partial charge in [-0.1, -0.05) is 36.4 Å². The van der Waals surface area contributed by atoms with Gasteiger partial charge in [0.2, 0.25) is 0 Å². The molecule has 0 spiro atoms. The van der Waals surface area contributed by atoms with Gasteiger partial charge in [0.05, 0.1) is 11.4 Å². The average molecular weight is 536 g/mol. The Labute approximate surface area is 238 Å². The number of nitrogens with one attached hydrogen (secondary N) is 2. The summed E-state index contributed by atoms with van der Waals surface area (Å²) in [5.41, 5.74) is 14.5. The Morgan fingerprint density at radius 2 is 1.38 bits per heavy atom. The minimum atomic E-state index is 0.741. The van der Waals surface area contributed by atoms with Crippen molar-refractivity contribution < 1.29 is 0 Å². The van der Waals surface area contributed by atoms with Crippen LogP contribution in [0.3, 0.4) is 0 Å². The van der Waals surface area contributed by atoms with Gasteiger partial charge >= 0.3 is 0 Å². The zero-order chi connectivity index (χ0) is 27.6. The molecule has 7 heteroatoms. The first-order valence-electron chi connectivity index (χ1n) is 14.4. The van der Waals surface area contributed by atoms with Crippen LogP contribution in [0.1, 0.15) is 12.8 Å². The molecule has 7 nitrogen and oxygen atoms in total. The third-order valence-corrected chi connectivity index (χ3v) is 7.45. The van der Waals surface area contributed by atoms with Gasteiger partial charge in [-0.05, 0) is 87.0 Å². The van der Waals surface area contributed by atoms with Gasteiger partial charge in [0.1, 0.15) is 0 Å². The molecule has 4 aromatic rings. The first kappa shape index (κ1) is 27.8. The molecule has 5 rings (SSSR count). The summed E-state index contributed by atoms with van der Waals surface area (Å²) in [6.07, 6.45) is 5.76. The fourth-order valence-electron chi connectivity index (χ4n) is 5.13. The molecule has 208 valence electrons. The number of hydrogen-bond donors (Lipinski definition) is 3. The average Bonchev–Trinajstić information content (AvgIpc) is 3.03. The molecule has 1 aliphatic heterocycles. The van der Waals surface area contributed by atoms with Gasteiger partial charge in [-0.2, -0.15) is 0 Å². The van der Waals surface area contributed by atoms with Gasteiger partial charge in [-0.3, -0.25) is 4.98 Å². The quantitative estimate of drug-likeness (QED) is 0.221. The molecule has 1 saturated heterocycles. The zero-order valence-corrected chi connectivity index (χ0v) is 23.5. The van der Waals surface area contributed by atoms with Crippen molar-refractivity contribution in [3.8, 4) is 33.6 Å². The van der Waals surface area contributed by atoms with E-state index in [0.717, 1.165) is 99.0 Å². The van der Waals surface area contributed by atoms with Crippen molar-refractivity contribution in [2.75, 3.05) is 69.6 Å². The maximum atomic E-state index is 5.66. The van der Waals surface area contributed by atoms with E-state index in [1.807, 2.05) is 24.5 Å². The van der Waals surface area contributed by atoms with Crippen molar-refractivity contribution in [3.05, 3.63) is 85.2 Å². The van der Waals surface area contributed by atoms with Crippen molar-refractivity contribution >= 4 is 11.4 Å². The van der Waals surface area contributed by atoms with E-state index in [9.17, 15) is 0 Å². The molecular weight excluding hydrogens is 494 g/mol. The highest BCUT2D eigenvalue weighted by Gasteiger charge is 2.12. The Morgan fingerprint density at radius 3 is 2.02 bits per heavy atom. The van der Waals surface area contributed by atoms with Crippen LogP contribution in [0.2, 0.25) is 0 Å². The SMILES string of the molecule is CN(CCCN)CCCNc1cc(-c2ccc(-c3ccncc3)cc2)nc(-c2ccc(N3CCNCC3)cc2)c1. The maximum absolute atomic E-state index is 5.66. The van der Waals surface area contributed by atoms with Crippen molar-refractivity contribution in [3.63, 3.8) is 0 Å². The van der Waals surface area contributed by atoms with Crippen LogP contribution in [-0.4, -0.2) is 74.3 Å². The van der Waals surface area contributed by atoms with Gasteiger partial charge in [-0.15, -0.1) is 0 Å². The van der Waals surface area contributed by atoms with E-state index in [1.54, 1.807) is 0 Å². The van der Waals surface area contributed by atoms with Crippen LogP contribution in [-0.2, 0) is 0 Å². The fourth-order valence-corrected chi connectivity index (χ4v) is 5.13. The lowest BCUT2D eigenvalue weighted by Gasteiger charge is -2.29. The highest BCUT2D eigenvalue weighted by Crippen LogP contribution is 2.30. The molecule has 0 bridgehead atoms. The van der Waals surface area contributed by atoms with E-state index in [-0.39, 0.29) is 0 Å². The predicted octanol–water partition coefficient (Wildman–Crippen LogP) is 4.97. The molecule has 4 N–H and O–H groups in total. The molecule has 0 saturated carbocycles. The topological polar surface area (TPSA) is 82.3 Å². The van der Waals surface area contributed by atoms with Crippen LogP contribution in [0.4, 0.5) is 11.4 Å². The minimum Gasteiger partial charge on any atom is -0.385 e. The van der Waals surface area contributed by atoms with Crippen LogP contribution in [0.15, 0.2) is 85.2 Å². The van der Waals surface area contributed by atoms with E-state index in [2.05, 4.69) is 93.1 Å². The summed E-state index contributed by atoms with van der Waals surface area (Å²) in [6, 6.07) is 25.9. The summed E-state index contributed by atoms with van der Waals surface area (Å²) < 4.78 is 0. The third-order valence-electron chi connectivity index (χ3n) is 7.45. The van der Waals surface area contributed by atoms with Gasteiger partial charge in [-0.25, -0.2) is 4.98 Å². The highest BCUT2D eigenvalue weighted by atomic mass is 15.2. The Bertz CT molecular complexity index is 1320. The second kappa shape index (κ2) is 14.0. The Kier molecular flexibility index (Phi) is 9.74. The molecule has 0 amide bonds. The lowest BCUT2D eigenvalue weighted by atomic mass is 10.0. The fraction of sp³-hybridized carbons (Fsp3) is 0.333. The molecule has 2 aromatic heterocycles. The first-order valence-corrected chi connectivity index (χ1v) is 14.4. The summed E-state index contributed by atoms with van der Waals surface area (Å²) >= 11 is 0. The number of anilines is 2. The van der Waals surface area contributed by atoms with E-state index >= 15 is 0 Å². The summed E-state index contributed by atoms with van der Waals surface area (Å²) in [4.78, 5) is 14.0. The molecule has 0 unspecified atom stereocenters. The number of rotatable bonds is 12. The Balaban J connectivity index is 1.36. The highest BCUT2D eigenvalue weighted by molar-refractivity contribution is 5.75. The number of nitrogens with zero attached hydrogens (tertiary/aromatic N) is 4. The molecule has 0 radical (unpaired) electrons. The van der Waals surface area contributed by atoms with Crippen molar-refractivity contribution in [2.24, 2.45) is 5.73 Å². The Morgan fingerprint density at radius 1 is 0.800 bits per heavy atom. The van der Waals surface area contributed by atoms with Crippen molar-refractivity contribution in [2.45, 2.75) is 12.8 Å². The molecule has 1 aliphatic rings. The van der Waals surface area contributed by atoms with Gasteiger partial charge in [0.25, 0.3) is 0 Å². The number of benzene rings is 2.